The maximum atomic E-state index is 10.8. The highest BCUT2D eigenvalue weighted by Gasteiger charge is 2.10. The van der Waals surface area contributed by atoms with E-state index in [4.69, 9.17) is 9.84 Å². The van der Waals surface area contributed by atoms with Crippen LogP contribution in [-0.2, 0) is 4.79 Å². The van der Waals surface area contributed by atoms with Crippen LogP contribution in [-0.4, -0.2) is 16.1 Å². The molecule has 0 bridgehead atoms. The summed E-state index contributed by atoms with van der Waals surface area (Å²) < 4.78 is 5.94. The summed E-state index contributed by atoms with van der Waals surface area (Å²) in [5.41, 5.74) is 2.52. The smallest absolute Gasteiger partial charge is 0.328 e. The minimum absolute atomic E-state index is 0.611. The minimum Gasteiger partial charge on any atom is -0.478 e. The number of nitrogens with zero attached hydrogens (tertiary/aromatic N) is 1. The van der Waals surface area contributed by atoms with Crippen molar-refractivity contribution in [1.29, 1.82) is 0 Å². The molecule has 2 aromatic carbocycles. The van der Waals surface area contributed by atoms with Crippen molar-refractivity contribution in [2.45, 2.75) is 0 Å². The number of aromatic nitrogens is 1. The van der Waals surface area contributed by atoms with Crippen LogP contribution in [0.2, 0.25) is 0 Å². The van der Waals surface area contributed by atoms with Crippen LogP contribution >= 0.6 is 0 Å². The van der Waals surface area contributed by atoms with Gasteiger partial charge in [-0.3, -0.25) is 4.98 Å². The lowest BCUT2D eigenvalue weighted by Crippen LogP contribution is -1.92. The molecule has 1 aromatic heterocycles. The fraction of sp³-hybridized carbons (Fsp3) is 0. The van der Waals surface area contributed by atoms with Gasteiger partial charge in [0.05, 0.1) is 6.20 Å². The van der Waals surface area contributed by atoms with Crippen LogP contribution in [0.4, 0.5) is 0 Å². The average molecular weight is 317 g/mol. The number of pyridine rings is 1. The molecular formula is C20H15NO3. The Hall–Kier alpha value is -3.40. The van der Waals surface area contributed by atoms with Crippen molar-refractivity contribution in [3.05, 3.63) is 84.7 Å². The summed E-state index contributed by atoms with van der Waals surface area (Å²) in [6.07, 6.45) is 6.03. The Labute approximate surface area is 139 Å². The van der Waals surface area contributed by atoms with Crippen molar-refractivity contribution >= 4 is 12.0 Å². The van der Waals surface area contributed by atoms with Crippen LogP contribution < -0.4 is 4.74 Å². The molecule has 0 amide bonds. The Morgan fingerprint density at radius 3 is 2.50 bits per heavy atom. The number of ether oxygens (including phenoxy) is 1. The fourth-order valence-electron chi connectivity index (χ4n) is 2.35. The van der Waals surface area contributed by atoms with Gasteiger partial charge >= 0.3 is 5.97 Å². The first-order chi connectivity index (χ1) is 11.7. The second kappa shape index (κ2) is 7.24. The Balaban J connectivity index is 2.03. The minimum atomic E-state index is -0.986. The molecule has 0 unspecified atom stereocenters. The summed E-state index contributed by atoms with van der Waals surface area (Å²) in [7, 11) is 0. The van der Waals surface area contributed by atoms with Crippen LogP contribution in [0.1, 0.15) is 5.56 Å². The van der Waals surface area contributed by atoms with E-state index in [0.29, 0.717) is 11.5 Å². The number of hydrogen-bond donors (Lipinski definition) is 1. The molecule has 0 fully saturated rings. The molecule has 24 heavy (non-hydrogen) atoms. The van der Waals surface area contributed by atoms with Gasteiger partial charge in [0, 0.05) is 17.8 Å². The van der Waals surface area contributed by atoms with Crippen LogP contribution in [0, 0.1) is 0 Å². The van der Waals surface area contributed by atoms with Gasteiger partial charge in [-0.25, -0.2) is 4.79 Å². The van der Waals surface area contributed by atoms with Gasteiger partial charge in [0.2, 0.25) is 0 Å². The third kappa shape index (κ3) is 3.67. The van der Waals surface area contributed by atoms with Gasteiger partial charge < -0.3 is 9.84 Å². The number of aliphatic carboxylic acids is 1. The second-order valence-corrected chi connectivity index (χ2v) is 5.05. The molecule has 118 valence electrons. The van der Waals surface area contributed by atoms with Gasteiger partial charge in [0.15, 0.2) is 5.75 Å². The number of rotatable bonds is 5. The van der Waals surface area contributed by atoms with E-state index in [1.807, 2.05) is 60.7 Å². The molecule has 3 aromatic rings. The largest absolute Gasteiger partial charge is 0.478 e. The SMILES string of the molecule is O=C(O)/C=C/c1ccccc1-c1ccncc1Oc1ccccc1. The first kappa shape index (κ1) is 15.5. The van der Waals surface area contributed by atoms with Crippen molar-refractivity contribution in [2.75, 3.05) is 0 Å². The molecule has 0 radical (unpaired) electrons. The van der Waals surface area contributed by atoms with Crippen LogP contribution in [0.5, 0.6) is 11.5 Å². The van der Waals surface area contributed by atoms with Crippen LogP contribution in [0.25, 0.3) is 17.2 Å². The standard InChI is InChI=1S/C20H15NO3/c22-20(23)11-10-15-6-4-5-9-17(15)18-12-13-21-14-19(18)24-16-7-2-1-3-8-16/h1-14H,(H,22,23)/b11-10+. The summed E-state index contributed by atoms with van der Waals surface area (Å²) in [5.74, 6) is 0.338. The number of para-hydroxylation sites is 1. The number of hydrogen-bond acceptors (Lipinski definition) is 3. The molecular weight excluding hydrogens is 302 g/mol. The van der Waals surface area contributed by atoms with Crippen LogP contribution in [0.15, 0.2) is 79.1 Å². The highest BCUT2D eigenvalue weighted by atomic mass is 16.5. The van der Waals surface area contributed by atoms with Gasteiger partial charge in [0.1, 0.15) is 5.75 Å². The van der Waals surface area contributed by atoms with Crippen molar-refractivity contribution in [3.63, 3.8) is 0 Å². The lowest BCUT2D eigenvalue weighted by atomic mass is 9.99. The molecule has 0 spiro atoms. The first-order valence-electron chi connectivity index (χ1n) is 7.41. The maximum Gasteiger partial charge on any atom is 0.328 e. The average Bonchev–Trinajstić information content (AvgIpc) is 2.62. The Bertz CT molecular complexity index is 873. The quantitative estimate of drug-likeness (QED) is 0.696. The van der Waals surface area contributed by atoms with Gasteiger partial charge in [-0.15, -0.1) is 0 Å². The number of carboxylic acid groups (broad SMARTS) is 1. The topological polar surface area (TPSA) is 59.4 Å². The molecule has 0 aliphatic rings. The van der Waals surface area contributed by atoms with Gasteiger partial charge in [-0.05, 0) is 35.4 Å². The highest BCUT2D eigenvalue weighted by molar-refractivity contribution is 5.88. The molecule has 1 heterocycles. The molecule has 1 N–H and O–H groups in total. The molecule has 0 aliphatic carbocycles. The number of carboxylic acids is 1. The molecule has 0 atom stereocenters. The van der Waals surface area contributed by atoms with E-state index >= 15 is 0 Å². The Morgan fingerprint density at radius 2 is 1.71 bits per heavy atom. The fourth-order valence-corrected chi connectivity index (χ4v) is 2.35. The van der Waals surface area contributed by atoms with E-state index in [0.717, 1.165) is 22.8 Å². The lowest BCUT2D eigenvalue weighted by Gasteiger charge is -2.12. The van der Waals surface area contributed by atoms with E-state index in [-0.39, 0.29) is 0 Å². The normalized spacial score (nSPS) is 10.7. The zero-order valence-electron chi connectivity index (χ0n) is 12.8. The summed E-state index contributed by atoms with van der Waals surface area (Å²) in [6, 6.07) is 18.9. The Kier molecular flexibility index (Phi) is 4.68. The summed E-state index contributed by atoms with van der Waals surface area (Å²) >= 11 is 0. The lowest BCUT2D eigenvalue weighted by molar-refractivity contribution is -0.131. The van der Waals surface area contributed by atoms with E-state index in [1.54, 1.807) is 18.5 Å². The maximum absolute atomic E-state index is 10.8. The predicted octanol–water partition coefficient (Wildman–Crippen LogP) is 4.64. The molecule has 0 saturated heterocycles. The monoisotopic (exact) mass is 317 g/mol. The molecule has 4 heteroatoms. The number of benzene rings is 2. The first-order valence-corrected chi connectivity index (χ1v) is 7.41. The van der Waals surface area contributed by atoms with Gasteiger partial charge in [-0.2, -0.15) is 0 Å². The predicted molar refractivity (Wildman–Crippen MR) is 92.9 cm³/mol. The van der Waals surface area contributed by atoms with Crippen molar-refractivity contribution < 1.29 is 14.6 Å². The van der Waals surface area contributed by atoms with Gasteiger partial charge in [0.25, 0.3) is 0 Å². The third-order valence-electron chi connectivity index (χ3n) is 3.41. The molecule has 3 rings (SSSR count). The van der Waals surface area contributed by atoms with E-state index in [9.17, 15) is 4.79 Å². The molecule has 0 saturated carbocycles. The van der Waals surface area contributed by atoms with Crippen molar-refractivity contribution in [3.8, 4) is 22.6 Å². The zero-order chi connectivity index (χ0) is 16.8. The Morgan fingerprint density at radius 1 is 0.958 bits per heavy atom. The van der Waals surface area contributed by atoms with E-state index in [2.05, 4.69) is 4.98 Å². The van der Waals surface area contributed by atoms with E-state index < -0.39 is 5.97 Å². The molecule has 4 nitrogen and oxygen atoms in total. The van der Waals surface area contributed by atoms with Crippen LogP contribution in [0.3, 0.4) is 0 Å². The molecule has 0 aliphatic heterocycles. The second-order valence-electron chi connectivity index (χ2n) is 5.05. The zero-order valence-corrected chi connectivity index (χ0v) is 12.8. The third-order valence-corrected chi connectivity index (χ3v) is 3.41. The summed E-state index contributed by atoms with van der Waals surface area (Å²) in [4.78, 5) is 14.9. The summed E-state index contributed by atoms with van der Waals surface area (Å²) in [5, 5.41) is 8.86. The summed E-state index contributed by atoms with van der Waals surface area (Å²) in [6.45, 7) is 0. The van der Waals surface area contributed by atoms with Crippen molar-refractivity contribution in [1.82, 2.24) is 4.98 Å². The van der Waals surface area contributed by atoms with Gasteiger partial charge in [-0.1, -0.05) is 42.5 Å². The number of carbonyl (C=O) groups is 1. The van der Waals surface area contributed by atoms with Crippen molar-refractivity contribution in [2.24, 2.45) is 0 Å². The van der Waals surface area contributed by atoms with E-state index in [1.165, 1.54) is 0 Å². The highest BCUT2D eigenvalue weighted by Crippen LogP contribution is 2.34.